The van der Waals surface area contributed by atoms with Gasteiger partial charge in [-0.05, 0) is 44.7 Å². The molecule has 0 saturated carbocycles. The van der Waals surface area contributed by atoms with Crippen LogP contribution < -0.4 is 10.6 Å². The quantitative estimate of drug-likeness (QED) is 0.752. The van der Waals surface area contributed by atoms with Crippen LogP contribution in [-0.2, 0) is 4.79 Å². The first-order valence-electron chi connectivity index (χ1n) is 6.55. The van der Waals surface area contributed by atoms with Crippen molar-refractivity contribution >= 4 is 5.91 Å². The Morgan fingerprint density at radius 3 is 2.56 bits per heavy atom. The van der Waals surface area contributed by atoms with E-state index in [0.29, 0.717) is 0 Å². The van der Waals surface area contributed by atoms with E-state index in [1.807, 2.05) is 13.8 Å². The number of carbonyl (C=O) groups is 1. The van der Waals surface area contributed by atoms with Crippen LogP contribution in [0.4, 0.5) is 0 Å². The Hall–Kier alpha value is -0.570. The lowest BCUT2D eigenvalue weighted by molar-refractivity contribution is -0.129. The predicted molar refractivity (Wildman–Crippen MR) is 67.3 cm³/mol. The molecule has 0 spiro atoms. The van der Waals surface area contributed by atoms with Gasteiger partial charge in [0.05, 0.1) is 0 Å². The Bertz CT molecular complexity index is 220. The molecule has 3 nitrogen and oxygen atoms in total. The van der Waals surface area contributed by atoms with E-state index in [2.05, 4.69) is 17.6 Å². The maximum absolute atomic E-state index is 11.8. The van der Waals surface area contributed by atoms with Crippen molar-refractivity contribution < 1.29 is 4.79 Å². The Balaban J connectivity index is 2.17. The topological polar surface area (TPSA) is 41.1 Å². The van der Waals surface area contributed by atoms with Crippen molar-refractivity contribution in [3.05, 3.63) is 0 Å². The molecule has 0 aliphatic carbocycles. The van der Waals surface area contributed by atoms with Gasteiger partial charge in [-0.15, -0.1) is 0 Å². The van der Waals surface area contributed by atoms with Crippen LogP contribution in [-0.4, -0.2) is 25.5 Å². The lowest BCUT2D eigenvalue weighted by Gasteiger charge is -2.25. The molecule has 3 heteroatoms. The molecule has 0 aromatic carbocycles. The molecule has 0 unspecified atom stereocenters. The molecular weight excluding hydrogens is 200 g/mol. The molecular formula is C13H26N2O. The highest BCUT2D eigenvalue weighted by molar-refractivity contribution is 5.81. The number of nitrogens with one attached hydrogen (secondary N) is 2. The summed E-state index contributed by atoms with van der Waals surface area (Å²) in [5.41, 5.74) is -0.214. The van der Waals surface area contributed by atoms with Crippen molar-refractivity contribution in [3.8, 4) is 0 Å². The largest absolute Gasteiger partial charge is 0.356 e. The summed E-state index contributed by atoms with van der Waals surface area (Å²) < 4.78 is 0. The highest BCUT2D eigenvalue weighted by Crippen LogP contribution is 2.20. The zero-order valence-electron chi connectivity index (χ0n) is 10.9. The normalized spacial score (nSPS) is 18.4. The van der Waals surface area contributed by atoms with E-state index < -0.39 is 0 Å². The molecule has 1 aliphatic heterocycles. The fourth-order valence-corrected chi connectivity index (χ4v) is 1.96. The Morgan fingerprint density at radius 2 is 2.00 bits per heavy atom. The first-order chi connectivity index (χ1) is 7.56. The van der Waals surface area contributed by atoms with Crippen molar-refractivity contribution in [2.75, 3.05) is 19.6 Å². The Labute approximate surface area is 99.4 Å². The SMILES string of the molecule is CCC(C)(C)C(=O)NCCC1CCNCC1. The summed E-state index contributed by atoms with van der Waals surface area (Å²) in [6.45, 7) is 9.19. The second kappa shape index (κ2) is 6.24. The third kappa shape index (κ3) is 4.12. The lowest BCUT2D eigenvalue weighted by Crippen LogP contribution is -2.38. The number of hydrogen-bond donors (Lipinski definition) is 2. The molecule has 1 heterocycles. The molecule has 1 rings (SSSR count). The van der Waals surface area contributed by atoms with Crippen LogP contribution in [0.1, 0.15) is 46.5 Å². The van der Waals surface area contributed by atoms with E-state index in [-0.39, 0.29) is 11.3 Å². The van der Waals surface area contributed by atoms with Gasteiger partial charge < -0.3 is 10.6 Å². The highest BCUT2D eigenvalue weighted by atomic mass is 16.2. The van der Waals surface area contributed by atoms with Gasteiger partial charge in [-0.1, -0.05) is 20.8 Å². The molecule has 0 aromatic rings. The molecule has 0 radical (unpaired) electrons. The third-order valence-electron chi connectivity index (χ3n) is 3.80. The van der Waals surface area contributed by atoms with Gasteiger partial charge in [0.15, 0.2) is 0 Å². The smallest absolute Gasteiger partial charge is 0.225 e. The predicted octanol–water partition coefficient (Wildman–Crippen LogP) is 1.93. The first kappa shape index (κ1) is 13.5. The van der Waals surface area contributed by atoms with E-state index in [0.717, 1.165) is 38.4 Å². The first-order valence-corrected chi connectivity index (χ1v) is 6.55. The number of hydrogen-bond acceptors (Lipinski definition) is 2. The summed E-state index contributed by atoms with van der Waals surface area (Å²) in [5.74, 6) is 0.996. The molecule has 0 aromatic heterocycles. The van der Waals surface area contributed by atoms with E-state index in [4.69, 9.17) is 0 Å². The average molecular weight is 226 g/mol. The number of amides is 1. The van der Waals surface area contributed by atoms with Crippen molar-refractivity contribution in [1.29, 1.82) is 0 Å². The zero-order chi connectivity index (χ0) is 12.0. The minimum atomic E-state index is -0.214. The van der Waals surface area contributed by atoms with Gasteiger partial charge in [-0.25, -0.2) is 0 Å². The van der Waals surface area contributed by atoms with Crippen LogP contribution in [0.2, 0.25) is 0 Å². The summed E-state index contributed by atoms with van der Waals surface area (Å²) in [4.78, 5) is 11.8. The van der Waals surface area contributed by atoms with Crippen molar-refractivity contribution in [3.63, 3.8) is 0 Å². The standard InChI is InChI=1S/C13H26N2O/c1-4-13(2,3)12(16)15-10-7-11-5-8-14-9-6-11/h11,14H,4-10H2,1-3H3,(H,15,16). The maximum atomic E-state index is 11.8. The molecule has 0 bridgehead atoms. The molecule has 16 heavy (non-hydrogen) atoms. The Kier molecular flexibility index (Phi) is 5.26. The van der Waals surface area contributed by atoms with Gasteiger partial charge in [-0.3, -0.25) is 4.79 Å². The van der Waals surface area contributed by atoms with Gasteiger partial charge in [0.2, 0.25) is 5.91 Å². The minimum absolute atomic E-state index is 0.198. The summed E-state index contributed by atoms with van der Waals surface area (Å²) in [6.07, 6.45) is 4.54. The second-order valence-corrected chi connectivity index (χ2v) is 5.48. The summed E-state index contributed by atoms with van der Waals surface area (Å²) in [6, 6.07) is 0. The van der Waals surface area contributed by atoms with Gasteiger partial charge in [0, 0.05) is 12.0 Å². The molecule has 1 amide bonds. The fraction of sp³-hybridized carbons (Fsp3) is 0.923. The van der Waals surface area contributed by atoms with Crippen LogP contribution in [0.3, 0.4) is 0 Å². The summed E-state index contributed by atoms with van der Waals surface area (Å²) in [5, 5.41) is 6.42. The van der Waals surface area contributed by atoms with Gasteiger partial charge >= 0.3 is 0 Å². The number of piperidine rings is 1. The third-order valence-corrected chi connectivity index (χ3v) is 3.80. The minimum Gasteiger partial charge on any atom is -0.356 e. The van der Waals surface area contributed by atoms with Gasteiger partial charge in [0.25, 0.3) is 0 Å². The summed E-state index contributed by atoms with van der Waals surface area (Å²) >= 11 is 0. The van der Waals surface area contributed by atoms with Crippen LogP contribution >= 0.6 is 0 Å². The van der Waals surface area contributed by atoms with Crippen molar-refractivity contribution in [2.24, 2.45) is 11.3 Å². The van der Waals surface area contributed by atoms with Crippen molar-refractivity contribution in [1.82, 2.24) is 10.6 Å². The van der Waals surface area contributed by atoms with Crippen LogP contribution in [0.25, 0.3) is 0 Å². The van der Waals surface area contributed by atoms with Gasteiger partial charge in [-0.2, -0.15) is 0 Å². The van der Waals surface area contributed by atoms with E-state index in [1.54, 1.807) is 0 Å². The fourth-order valence-electron chi connectivity index (χ4n) is 1.96. The summed E-state index contributed by atoms with van der Waals surface area (Å²) in [7, 11) is 0. The molecule has 2 N–H and O–H groups in total. The van der Waals surface area contributed by atoms with Gasteiger partial charge in [0.1, 0.15) is 0 Å². The van der Waals surface area contributed by atoms with Crippen LogP contribution in [0.15, 0.2) is 0 Å². The monoisotopic (exact) mass is 226 g/mol. The molecule has 94 valence electrons. The lowest BCUT2D eigenvalue weighted by atomic mass is 9.89. The van der Waals surface area contributed by atoms with Crippen molar-refractivity contribution in [2.45, 2.75) is 46.5 Å². The Morgan fingerprint density at radius 1 is 1.38 bits per heavy atom. The number of rotatable bonds is 5. The number of carbonyl (C=O) groups excluding carboxylic acids is 1. The van der Waals surface area contributed by atoms with Crippen LogP contribution in [0, 0.1) is 11.3 Å². The van der Waals surface area contributed by atoms with E-state index in [1.165, 1.54) is 12.8 Å². The maximum Gasteiger partial charge on any atom is 0.225 e. The van der Waals surface area contributed by atoms with E-state index in [9.17, 15) is 4.79 Å². The van der Waals surface area contributed by atoms with E-state index >= 15 is 0 Å². The molecule has 1 aliphatic rings. The molecule has 1 saturated heterocycles. The molecule has 1 fully saturated rings. The van der Waals surface area contributed by atoms with Crippen LogP contribution in [0.5, 0.6) is 0 Å². The highest BCUT2D eigenvalue weighted by Gasteiger charge is 2.24. The second-order valence-electron chi connectivity index (χ2n) is 5.48. The average Bonchev–Trinajstić information content (AvgIpc) is 2.30. The zero-order valence-corrected chi connectivity index (χ0v) is 10.9. The molecule has 0 atom stereocenters.